The monoisotopic (exact) mass is 242 g/mol. The van der Waals surface area contributed by atoms with Crippen molar-refractivity contribution >= 4 is 21.4 Å². The maximum atomic E-state index is 11.5. The summed E-state index contributed by atoms with van der Waals surface area (Å²) >= 11 is 5.38. The first-order valence-electron chi connectivity index (χ1n) is 4.86. The van der Waals surface area contributed by atoms with Crippen LogP contribution in [0.15, 0.2) is 0 Å². The van der Waals surface area contributed by atoms with Crippen LogP contribution in [0, 0.1) is 5.92 Å². The fraction of sp³-hybridized carbons (Fsp3) is 1.00. The minimum atomic E-state index is -2.94. The molecule has 0 heterocycles. The lowest BCUT2D eigenvalue weighted by Gasteiger charge is -2.09. The van der Waals surface area contributed by atoms with E-state index in [4.69, 9.17) is 16.3 Å². The van der Waals surface area contributed by atoms with Crippen molar-refractivity contribution in [3.63, 3.8) is 0 Å². The number of rotatable bonds is 8. The first kappa shape index (κ1) is 14.2. The van der Waals surface area contributed by atoms with E-state index in [-0.39, 0.29) is 24.0 Å². The van der Waals surface area contributed by atoms with E-state index >= 15 is 0 Å². The van der Waals surface area contributed by atoms with Crippen molar-refractivity contribution in [2.75, 3.05) is 30.6 Å². The van der Waals surface area contributed by atoms with E-state index in [1.165, 1.54) is 0 Å². The number of hydrogen-bond acceptors (Lipinski definition) is 3. The third-order valence-corrected chi connectivity index (χ3v) is 4.02. The number of halogens is 1. The Morgan fingerprint density at radius 2 is 2.00 bits per heavy atom. The third-order valence-electron chi connectivity index (χ3n) is 2.00. The van der Waals surface area contributed by atoms with Crippen molar-refractivity contribution in [2.24, 2.45) is 5.92 Å². The quantitative estimate of drug-likeness (QED) is 0.481. The Balaban J connectivity index is 3.73. The Kier molecular flexibility index (Phi) is 7.59. The standard InChI is InChI=1S/C9H19ClO3S/c1-3-9(2)8-14(11,12)7-6-13-5-4-10/h9H,3-8H2,1-2H3. The molecule has 0 N–H and O–H groups in total. The molecule has 0 aromatic heterocycles. The molecule has 1 unspecified atom stereocenters. The van der Waals surface area contributed by atoms with Gasteiger partial charge >= 0.3 is 0 Å². The molecule has 0 aromatic carbocycles. The van der Waals surface area contributed by atoms with Gasteiger partial charge < -0.3 is 4.74 Å². The van der Waals surface area contributed by atoms with Gasteiger partial charge in [0.2, 0.25) is 0 Å². The molecule has 0 bridgehead atoms. The lowest BCUT2D eigenvalue weighted by molar-refractivity contribution is 0.165. The first-order valence-corrected chi connectivity index (χ1v) is 7.21. The van der Waals surface area contributed by atoms with E-state index in [1.807, 2.05) is 13.8 Å². The second-order valence-electron chi connectivity index (χ2n) is 3.43. The van der Waals surface area contributed by atoms with E-state index in [9.17, 15) is 8.42 Å². The summed E-state index contributed by atoms with van der Waals surface area (Å²) < 4.78 is 27.9. The van der Waals surface area contributed by atoms with Crippen molar-refractivity contribution in [3.05, 3.63) is 0 Å². The lowest BCUT2D eigenvalue weighted by atomic mass is 10.2. The Morgan fingerprint density at radius 1 is 1.36 bits per heavy atom. The fourth-order valence-corrected chi connectivity index (χ4v) is 2.73. The van der Waals surface area contributed by atoms with Gasteiger partial charge in [0, 0.05) is 5.88 Å². The van der Waals surface area contributed by atoms with Crippen LogP contribution in [0.4, 0.5) is 0 Å². The number of ether oxygens (including phenoxy) is 1. The largest absolute Gasteiger partial charge is 0.379 e. The van der Waals surface area contributed by atoms with Gasteiger partial charge in [-0.05, 0) is 5.92 Å². The summed E-state index contributed by atoms with van der Waals surface area (Å²) in [6, 6.07) is 0. The molecule has 0 saturated heterocycles. The second-order valence-corrected chi connectivity index (χ2v) is 6.04. The van der Waals surface area contributed by atoms with E-state index < -0.39 is 9.84 Å². The van der Waals surface area contributed by atoms with Crippen LogP contribution in [0.2, 0.25) is 0 Å². The molecule has 0 rings (SSSR count). The van der Waals surface area contributed by atoms with Crippen LogP contribution >= 0.6 is 11.6 Å². The van der Waals surface area contributed by atoms with E-state index in [0.29, 0.717) is 12.5 Å². The summed E-state index contributed by atoms with van der Waals surface area (Å²) in [5, 5.41) is 0. The van der Waals surface area contributed by atoms with Gasteiger partial charge in [-0.3, -0.25) is 0 Å². The molecule has 0 fully saturated rings. The van der Waals surface area contributed by atoms with Crippen molar-refractivity contribution in [3.8, 4) is 0 Å². The fourth-order valence-electron chi connectivity index (χ4n) is 0.977. The van der Waals surface area contributed by atoms with Crippen LogP contribution in [0.5, 0.6) is 0 Å². The highest BCUT2D eigenvalue weighted by Crippen LogP contribution is 2.05. The zero-order chi connectivity index (χ0) is 11.0. The highest BCUT2D eigenvalue weighted by atomic mass is 35.5. The summed E-state index contributed by atoms with van der Waals surface area (Å²) in [6.45, 7) is 4.60. The van der Waals surface area contributed by atoms with Crippen LogP contribution in [0.3, 0.4) is 0 Å². The molecule has 0 radical (unpaired) electrons. The zero-order valence-electron chi connectivity index (χ0n) is 8.83. The Morgan fingerprint density at radius 3 is 2.50 bits per heavy atom. The van der Waals surface area contributed by atoms with Crippen molar-refractivity contribution in [2.45, 2.75) is 20.3 Å². The predicted octanol–water partition coefficient (Wildman–Crippen LogP) is 1.70. The number of sulfone groups is 1. The average Bonchev–Trinajstić information content (AvgIpc) is 2.12. The van der Waals surface area contributed by atoms with E-state index in [2.05, 4.69) is 0 Å². The van der Waals surface area contributed by atoms with Crippen molar-refractivity contribution < 1.29 is 13.2 Å². The molecule has 0 aromatic rings. The molecule has 0 aliphatic rings. The van der Waals surface area contributed by atoms with Gasteiger partial charge in [-0.1, -0.05) is 20.3 Å². The van der Waals surface area contributed by atoms with Crippen LogP contribution in [0.1, 0.15) is 20.3 Å². The lowest BCUT2D eigenvalue weighted by Crippen LogP contribution is -2.20. The molecular formula is C9H19ClO3S. The van der Waals surface area contributed by atoms with Gasteiger partial charge in [0.1, 0.15) is 0 Å². The molecule has 0 aliphatic heterocycles. The molecule has 5 heteroatoms. The predicted molar refractivity (Wildman–Crippen MR) is 59.6 cm³/mol. The first-order chi connectivity index (χ1) is 6.52. The van der Waals surface area contributed by atoms with Gasteiger partial charge in [-0.2, -0.15) is 0 Å². The average molecular weight is 243 g/mol. The van der Waals surface area contributed by atoms with Gasteiger partial charge in [-0.15, -0.1) is 11.6 Å². The van der Waals surface area contributed by atoms with Gasteiger partial charge in [0.05, 0.1) is 24.7 Å². The minimum absolute atomic E-state index is 0.105. The van der Waals surface area contributed by atoms with Crippen molar-refractivity contribution in [1.82, 2.24) is 0 Å². The van der Waals surface area contributed by atoms with Crippen LogP contribution in [0.25, 0.3) is 0 Å². The summed E-state index contributed by atoms with van der Waals surface area (Å²) in [5.74, 6) is 1.00. The summed E-state index contributed by atoms with van der Waals surface area (Å²) in [6.07, 6.45) is 0.891. The minimum Gasteiger partial charge on any atom is -0.379 e. The van der Waals surface area contributed by atoms with Gasteiger partial charge in [0.25, 0.3) is 0 Å². The van der Waals surface area contributed by atoms with Gasteiger partial charge in [-0.25, -0.2) is 8.42 Å². The number of alkyl halides is 1. The van der Waals surface area contributed by atoms with Crippen LogP contribution in [-0.4, -0.2) is 39.0 Å². The highest BCUT2D eigenvalue weighted by molar-refractivity contribution is 7.91. The molecule has 0 amide bonds. The normalized spacial score (nSPS) is 14.2. The Labute approximate surface area is 91.7 Å². The summed E-state index contributed by atoms with van der Waals surface area (Å²) in [5.41, 5.74) is 0. The van der Waals surface area contributed by atoms with Gasteiger partial charge in [0.15, 0.2) is 9.84 Å². The molecule has 0 saturated carbocycles. The molecule has 86 valence electrons. The maximum Gasteiger partial charge on any atom is 0.152 e. The number of hydrogen-bond donors (Lipinski definition) is 0. The zero-order valence-corrected chi connectivity index (χ0v) is 10.4. The molecule has 0 aliphatic carbocycles. The molecule has 3 nitrogen and oxygen atoms in total. The smallest absolute Gasteiger partial charge is 0.152 e. The van der Waals surface area contributed by atoms with E-state index in [0.717, 1.165) is 6.42 Å². The molecular weight excluding hydrogens is 224 g/mol. The molecule has 0 spiro atoms. The van der Waals surface area contributed by atoms with Crippen LogP contribution < -0.4 is 0 Å². The Hall–Kier alpha value is 0.200. The SMILES string of the molecule is CCC(C)CS(=O)(=O)CCOCCCl. The summed E-state index contributed by atoms with van der Waals surface area (Å²) in [7, 11) is -2.94. The topological polar surface area (TPSA) is 43.4 Å². The Bertz CT molecular complexity index is 226. The third kappa shape index (κ3) is 7.59. The molecule has 14 heavy (non-hydrogen) atoms. The summed E-state index contributed by atoms with van der Waals surface area (Å²) in [4.78, 5) is 0. The van der Waals surface area contributed by atoms with E-state index in [1.54, 1.807) is 0 Å². The second kappa shape index (κ2) is 7.49. The maximum absolute atomic E-state index is 11.5. The van der Waals surface area contributed by atoms with Crippen molar-refractivity contribution in [1.29, 1.82) is 0 Å². The van der Waals surface area contributed by atoms with Crippen LogP contribution in [-0.2, 0) is 14.6 Å². The molecule has 1 atom stereocenters. The highest BCUT2D eigenvalue weighted by Gasteiger charge is 2.14.